The summed E-state index contributed by atoms with van der Waals surface area (Å²) >= 11 is 1.76. The highest BCUT2D eigenvalue weighted by atomic mass is 32.1. The van der Waals surface area contributed by atoms with Crippen LogP contribution in [0.5, 0.6) is 11.5 Å². The van der Waals surface area contributed by atoms with E-state index >= 15 is 0 Å². The first-order valence-corrected chi connectivity index (χ1v) is 8.65. The smallest absolute Gasteiger partial charge is 0.161 e. The van der Waals surface area contributed by atoms with Crippen molar-refractivity contribution < 1.29 is 9.47 Å². The monoisotopic (exact) mass is 316 g/mol. The Bertz CT molecular complexity index is 666. The van der Waals surface area contributed by atoms with Crippen LogP contribution in [-0.2, 0) is 6.54 Å². The van der Waals surface area contributed by atoms with Crippen LogP contribution < -0.4 is 14.8 Å². The summed E-state index contributed by atoms with van der Waals surface area (Å²) in [5.41, 5.74) is 1.30. The standard InChI is InChI=1S/C17H20N2O2S/c1-11-18-9-14(22-11)10-19-17(12-2-3-12)13-4-5-15-16(8-13)21-7-6-20-15/h4-5,8-9,12,17,19H,2-3,6-7,10H2,1H3. The van der Waals surface area contributed by atoms with Gasteiger partial charge in [0.2, 0.25) is 0 Å². The maximum Gasteiger partial charge on any atom is 0.161 e. The van der Waals surface area contributed by atoms with Crippen molar-refractivity contribution in [3.63, 3.8) is 0 Å². The molecule has 5 heteroatoms. The van der Waals surface area contributed by atoms with Crippen LogP contribution in [0.15, 0.2) is 24.4 Å². The Labute approximate surface area is 134 Å². The summed E-state index contributed by atoms with van der Waals surface area (Å²) in [5.74, 6) is 2.48. The molecule has 1 aliphatic heterocycles. The van der Waals surface area contributed by atoms with Crippen molar-refractivity contribution in [1.29, 1.82) is 0 Å². The molecule has 4 nitrogen and oxygen atoms in total. The fraction of sp³-hybridized carbons (Fsp3) is 0.471. The molecule has 1 fully saturated rings. The molecule has 1 N–H and O–H groups in total. The number of ether oxygens (including phenoxy) is 2. The third-order valence-electron chi connectivity index (χ3n) is 4.18. The molecule has 4 rings (SSSR count). The van der Waals surface area contributed by atoms with Crippen LogP contribution in [0, 0.1) is 12.8 Å². The number of benzene rings is 1. The second-order valence-corrected chi connectivity index (χ2v) is 7.26. The van der Waals surface area contributed by atoms with Gasteiger partial charge in [-0.05, 0) is 43.4 Å². The molecule has 1 aliphatic carbocycles. The summed E-state index contributed by atoms with van der Waals surface area (Å²) in [7, 11) is 0. The quantitative estimate of drug-likeness (QED) is 0.917. The Morgan fingerprint density at radius 3 is 2.82 bits per heavy atom. The Balaban J connectivity index is 1.51. The van der Waals surface area contributed by atoms with Crippen molar-refractivity contribution >= 4 is 11.3 Å². The molecule has 116 valence electrons. The minimum absolute atomic E-state index is 0.387. The van der Waals surface area contributed by atoms with Crippen molar-refractivity contribution in [2.24, 2.45) is 5.92 Å². The molecule has 1 saturated carbocycles. The number of aromatic nitrogens is 1. The zero-order valence-electron chi connectivity index (χ0n) is 12.7. The van der Waals surface area contributed by atoms with Gasteiger partial charge in [-0.15, -0.1) is 11.3 Å². The Morgan fingerprint density at radius 2 is 2.09 bits per heavy atom. The summed E-state index contributed by atoms with van der Waals surface area (Å²) in [5, 5.41) is 4.83. The van der Waals surface area contributed by atoms with E-state index in [9.17, 15) is 0 Å². The lowest BCUT2D eigenvalue weighted by Crippen LogP contribution is -2.23. The van der Waals surface area contributed by atoms with Crippen LogP contribution in [0.3, 0.4) is 0 Å². The van der Waals surface area contributed by atoms with Crippen molar-refractivity contribution in [3.8, 4) is 11.5 Å². The van der Waals surface area contributed by atoms with Gasteiger partial charge in [0.05, 0.1) is 5.01 Å². The zero-order valence-corrected chi connectivity index (χ0v) is 13.5. The molecule has 1 atom stereocenters. The molecule has 0 bridgehead atoms. The van der Waals surface area contributed by atoms with Crippen LogP contribution >= 0.6 is 11.3 Å². The first-order chi connectivity index (χ1) is 10.8. The number of aryl methyl sites for hydroxylation is 1. The van der Waals surface area contributed by atoms with E-state index in [1.807, 2.05) is 19.2 Å². The predicted molar refractivity (Wildman–Crippen MR) is 86.6 cm³/mol. The summed E-state index contributed by atoms with van der Waals surface area (Å²) in [6.07, 6.45) is 4.57. The molecule has 0 spiro atoms. The van der Waals surface area contributed by atoms with Crippen LogP contribution in [0.2, 0.25) is 0 Å². The lowest BCUT2D eigenvalue weighted by Gasteiger charge is -2.23. The number of hydrogen-bond donors (Lipinski definition) is 1. The zero-order chi connectivity index (χ0) is 14.9. The van der Waals surface area contributed by atoms with Gasteiger partial charge in [-0.25, -0.2) is 4.98 Å². The largest absolute Gasteiger partial charge is 0.486 e. The molecule has 0 radical (unpaired) electrons. The minimum atomic E-state index is 0.387. The fourth-order valence-electron chi connectivity index (χ4n) is 2.94. The fourth-order valence-corrected chi connectivity index (χ4v) is 3.68. The van der Waals surface area contributed by atoms with Gasteiger partial charge >= 0.3 is 0 Å². The average molecular weight is 316 g/mol. The second-order valence-electron chi connectivity index (χ2n) is 5.94. The maximum absolute atomic E-state index is 5.72. The molecule has 2 aliphatic rings. The maximum atomic E-state index is 5.72. The van der Waals surface area contributed by atoms with Gasteiger partial charge in [-0.1, -0.05) is 6.07 Å². The minimum Gasteiger partial charge on any atom is -0.486 e. The van der Waals surface area contributed by atoms with Crippen molar-refractivity contribution in [2.45, 2.75) is 32.4 Å². The Morgan fingerprint density at radius 1 is 1.27 bits per heavy atom. The van der Waals surface area contributed by atoms with Crippen molar-refractivity contribution in [1.82, 2.24) is 10.3 Å². The Hall–Kier alpha value is -1.59. The summed E-state index contributed by atoms with van der Waals surface area (Å²) in [6, 6.07) is 6.74. The van der Waals surface area contributed by atoms with Gasteiger partial charge < -0.3 is 14.8 Å². The van der Waals surface area contributed by atoms with Gasteiger partial charge in [0.25, 0.3) is 0 Å². The molecule has 0 amide bonds. The molecule has 22 heavy (non-hydrogen) atoms. The van der Waals surface area contributed by atoms with Crippen LogP contribution in [-0.4, -0.2) is 18.2 Å². The second kappa shape index (κ2) is 5.89. The first-order valence-electron chi connectivity index (χ1n) is 7.84. The van der Waals surface area contributed by atoms with E-state index in [0.29, 0.717) is 19.3 Å². The van der Waals surface area contributed by atoms with Gasteiger partial charge in [-0.3, -0.25) is 0 Å². The highest BCUT2D eigenvalue weighted by molar-refractivity contribution is 7.11. The van der Waals surface area contributed by atoms with Crippen molar-refractivity contribution in [3.05, 3.63) is 39.8 Å². The average Bonchev–Trinajstić information content (AvgIpc) is 3.29. The molecule has 2 heterocycles. The van der Waals surface area contributed by atoms with Gasteiger partial charge in [-0.2, -0.15) is 0 Å². The number of fused-ring (bicyclic) bond motifs is 1. The number of rotatable bonds is 5. The number of hydrogen-bond acceptors (Lipinski definition) is 5. The van der Waals surface area contributed by atoms with E-state index in [0.717, 1.165) is 29.0 Å². The van der Waals surface area contributed by atoms with E-state index in [4.69, 9.17) is 9.47 Å². The van der Waals surface area contributed by atoms with Gasteiger partial charge in [0, 0.05) is 23.7 Å². The predicted octanol–water partition coefficient (Wildman–Crippen LogP) is 3.46. The highest BCUT2D eigenvalue weighted by Gasteiger charge is 2.32. The molecule has 1 aromatic heterocycles. The van der Waals surface area contributed by atoms with Crippen LogP contribution in [0.25, 0.3) is 0 Å². The molecule has 1 aromatic carbocycles. The van der Waals surface area contributed by atoms with E-state index in [2.05, 4.69) is 22.4 Å². The topological polar surface area (TPSA) is 43.4 Å². The third kappa shape index (κ3) is 2.96. The highest BCUT2D eigenvalue weighted by Crippen LogP contribution is 2.43. The molecular weight excluding hydrogens is 296 g/mol. The lowest BCUT2D eigenvalue weighted by atomic mass is 10.0. The summed E-state index contributed by atoms with van der Waals surface area (Å²) < 4.78 is 11.3. The Kier molecular flexibility index (Phi) is 3.76. The number of nitrogens with one attached hydrogen (secondary N) is 1. The SMILES string of the molecule is Cc1ncc(CNC(c2ccc3c(c2)OCCO3)C2CC2)s1. The van der Waals surface area contributed by atoms with Gasteiger partial charge in [0.1, 0.15) is 13.2 Å². The van der Waals surface area contributed by atoms with E-state index in [-0.39, 0.29) is 0 Å². The third-order valence-corrected chi connectivity index (χ3v) is 5.10. The number of nitrogens with zero attached hydrogens (tertiary/aromatic N) is 1. The summed E-state index contributed by atoms with van der Waals surface area (Å²) in [4.78, 5) is 5.62. The molecular formula is C17H20N2O2S. The van der Waals surface area contributed by atoms with Crippen LogP contribution in [0.1, 0.15) is 34.3 Å². The lowest BCUT2D eigenvalue weighted by molar-refractivity contribution is 0.171. The van der Waals surface area contributed by atoms with E-state index in [1.165, 1.54) is 23.3 Å². The normalized spacial score (nSPS) is 18.2. The van der Waals surface area contributed by atoms with E-state index < -0.39 is 0 Å². The molecule has 2 aromatic rings. The number of thiazole rings is 1. The van der Waals surface area contributed by atoms with Crippen molar-refractivity contribution in [2.75, 3.05) is 13.2 Å². The molecule has 0 saturated heterocycles. The van der Waals surface area contributed by atoms with Gasteiger partial charge in [0.15, 0.2) is 11.5 Å². The first kappa shape index (κ1) is 14.0. The van der Waals surface area contributed by atoms with E-state index in [1.54, 1.807) is 11.3 Å². The molecule has 1 unspecified atom stereocenters. The summed E-state index contributed by atoms with van der Waals surface area (Å²) in [6.45, 7) is 4.20. The van der Waals surface area contributed by atoms with Crippen LogP contribution in [0.4, 0.5) is 0 Å².